The standard InChI is InChI=1S/C41H23N5O/c42-24-28-16-7-9-18-31(28)30-22-35(32-19-10-8-17-29(32)25-43)38-36(23-30)33-20-11-21-34(37(33)47-38)41-45-39(26-12-3-1-4-13-26)44-40(46-41)27-14-5-2-6-15-27/h1-23H. The SMILES string of the molecule is N#Cc1ccccc1-c1cc(-c2ccccc2C#N)c2oc3c(-c4nc(-c5ccccc5)nc(-c5ccccc5)n4)cccc3c2c1. The van der Waals surface area contributed by atoms with E-state index >= 15 is 0 Å². The molecule has 8 aromatic rings. The number of fused-ring (bicyclic) bond motifs is 3. The van der Waals surface area contributed by atoms with Gasteiger partial charge in [0.05, 0.1) is 28.8 Å². The molecule has 2 heterocycles. The highest BCUT2D eigenvalue weighted by Crippen LogP contribution is 2.43. The van der Waals surface area contributed by atoms with Crippen LogP contribution < -0.4 is 0 Å². The molecule has 0 amide bonds. The Morgan fingerprint density at radius 1 is 0.404 bits per heavy atom. The van der Waals surface area contributed by atoms with Crippen molar-refractivity contribution in [2.45, 2.75) is 0 Å². The van der Waals surface area contributed by atoms with Gasteiger partial charge < -0.3 is 4.42 Å². The molecule has 0 atom stereocenters. The molecule has 0 fully saturated rings. The summed E-state index contributed by atoms with van der Waals surface area (Å²) >= 11 is 0. The molecule has 0 saturated carbocycles. The fraction of sp³-hybridized carbons (Fsp3) is 0. The van der Waals surface area contributed by atoms with E-state index in [2.05, 4.69) is 18.2 Å². The Labute approximate surface area is 270 Å². The van der Waals surface area contributed by atoms with Crippen molar-refractivity contribution in [3.8, 4) is 68.6 Å². The van der Waals surface area contributed by atoms with Crippen LogP contribution in [0.1, 0.15) is 11.1 Å². The van der Waals surface area contributed by atoms with Crippen LogP contribution in [0.2, 0.25) is 0 Å². The molecule has 0 saturated heterocycles. The summed E-state index contributed by atoms with van der Waals surface area (Å²) in [6.07, 6.45) is 0. The molecule has 47 heavy (non-hydrogen) atoms. The second kappa shape index (κ2) is 11.6. The summed E-state index contributed by atoms with van der Waals surface area (Å²) < 4.78 is 6.79. The topological polar surface area (TPSA) is 99.4 Å². The summed E-state index contributed by atoms with van der Waals surface area (Å²) in [5, 5.41) is 21.7. The van der Waals surface area contributed by atoms with Crippen molar-refractivity contribution in [2.75, 3.05) is 0 Å². The number of benzene rings is 6. The van der Waals surface area contributed by atoms with Crippen molar-refractivity contribution in [3.63, 3.8) is 0 Å². The molecule has 2 aromatic heterocycles. The molecule has 0 unspecified atom stereocenters. The third-order valence-corrected chi connectivity index (χ3v) is 8.23. The van der Waals surface area contributed by atoms with Crippen molar-refractivity contribution in [1.82, 2.24) is 15.0 Å². The lowest BCUT2D eigenvalue weighted by Gasteiger charge is -2.10. The number of nitrogens with zero attached hydrogens (tertiary/aromatic N) is 5. The van der Waals surface area contributed by atoms with E-state index in [4.69, 9.17) is 19.4 Å². The smallest absolute Gasteiger partial charge is 0.167 e. The first-order valence-electron chi connectivity index (χ1n) is 15.1. The van der Waals surface area contributed by atoms with E-state index in [0.29, 0.717) is 45.3 Å². The fourth-order valence-corrected chi connectivity index (χ4v) is 6.01. The van der Waals surface area contributed by atoms with Crippen LogP contribution in [0.4, 0.5) is 0 Å². The van der Waals surface area contributed by atoms with Gasteiger partial charge in [-0.1, -0.05) is 109 Å². The van der Waals surface area contributed by atoms with Gasteiger partial charge in [0.25, 0.3) is 0 Å². The van der Waals surface area contributed by atoms with Crippen LogP contribution in [0.5, 0.6) is 0 Å². The predicted molar refractivity (Wildman–Crippen MR) is 184 cm³/mol. The van der Waals surface area contributed by atoms with Gasteiger partial charge in [-0.25, -0.2) is 15.0 Å². The number of hydrogen-bond donors (Lipinski definition) is 0. The summed E-state index contributed by atoms with van der Waals surface area (Å²) in [7, 11) is 0. The number of hydrogen-bond acceptors (Lipinski definition) is 6. The number of rotatable bonds is 5. The molecule has 8 rings (SSSR count). The van der Waals surface area contributed by atoms with Crippen LogP contribution in [0, 0.1) is 22.7 Å². The molecule has 218 valence electrons. The Morgan fingerprint density at radius 2 is 0.915 bits per heavy atom. The van der Waals surface area contributed by atoms with Gasteiger partial charge >= 0.3 is 0 Å². The van der Waals surface area contributed by atoms with E-state index in [1.807, 2.05) is 127 Å². The minimum atomic E-state index is 0.483. The Morgan fingerprint density at radius 3 is 1.55 bits per heavy atom. The van der Waals surface area contributed by atoms with Gasteiger partial charge in [-0.2, -0.15) is 10.5 Å². The highest BCUT2D eigenvalue weighted by molar-refractivity contribution is 6.14. The van der Waals surface area contributed by atoms with Gasteiger partial charge in [0.2, 0.25) is 0 Å². The van der Waals surface area contributed by atoms with Gasteiger partial charge in [0.1, 0.15) is 11.2 Å². The molecule has 0 spiro atoms. The predicted octanol–water partition coefficient (Wildman–Crippen LogP) is 9.85. The molecule has 0 aliphatic heterocycles. The van der Waals surface area contributed by atoms with Gasteiger partial charge in [0, 0.05) is 33.0 Å². The highest BCUT2D eigenvalue weighted by atomic mass is 16.3. The lowest BCUT2D eigenvalue weighted by molar-refractivity contribution is 0.670. The molecule has 0 aliphatic rings. The zero-order valence-electron chi connectivity index (χ0n) is 24.9. The largest absolute Gasteiger partial charge is 0.455 e. The van der Waals surface area contributed by atoms with Crippen LogP contribution in [0.3, 0.4) is 0 Å². The molecule has 0 aliphatic carbocycles. The Balaban J connectivity index is 1.43. The van der Waals surface area contributed by atoms with Crippen molar-refractivity contribution < 1.29 is 4.42 Å². The first kappa shape index (κ1) is 27.6. The number of para-hydroxylation sites is 1. The zero-order chi connectivity index (χ0) is 31.7. The normalized spacial score (nSPS) is 10.9. The summed E-state index contributed by atoms with van der Waals surface area (Å²) in [6.45, 7) is 0. The molecule has 6 aromatic carbocycles. The number of nitriles is 2. The summed E-state index contributed by atoms with van der Waals surface area (Å²) in [5.41, 5.74) is 7.96. The minimum absolute atomic E-state index is 0.483. The van der Waals surface area contributed by atoms with Crippen LogP contribution in [-0.4, -0.2) is 15.0 Å². The quantitative estimate of drug-likeness (QED) is 0.195. The lowest BCUT2D eigenvalue weighted by atomic mass is 9.92. The van der Waals surface area contributed by atoms with Crippen LogP contribution in [0.25, 0.3) is 78.4 Å². The summed E-state index contributed by atoms with van der Waals surface area (Å²) in [5.74, 6) is 1.60. The van der Waals surface area contributed by atoms with Gasteiger partial charge in [-0.3, -0.25) is 0 Å². The van der Waals surface area contributed by atoms with E-state index in [1.165, 1.54) is 0 Å². The molecule has 0 bridgehead atoms. The summed E-state index contributed by atoms with van der Waals surface area (Å²) in [6, 6.07) is 49.4. The first-order valence-corrected chi connectivity index (χ1v) is 15.1. The van der Waals surface area contributed by atoms with Crippen molar-refractivity contribution >= 4 is 21.9 Å². The van der Waals surface area contributed by atoms with Gasteiger partial charge in [-0.05, 0) is 41.5 Å². The van der Waals surface area contributed by atoms with E-state index in [1.54, 1.807) is 6.07 Å². The van der Waals surface area contributed by atoms with E-state index in [0.717, 1.165) is 44.2 Å². The minimum Gasteiger partial charge on any atom is -0.455 e. The van der Waals surface area contributed by atoms with Crippen molar-refractivity contribution in [3.05, 3.63) is 151 Å². The van der Waals surface area contributed by atoms with E-state index < -0.39 is 0 Å². The Kier molecular flexibility index (Phi) is 6.80. The average molecular weight is 602 g/mol. The first-order chi connectivity index (χ1) is 23.2. The molecule has 0 N–H and O–H groups in total. The Bertz CT molecular complexity index is 2480. The van der Waals surface area contributed by atoms with Crippen LogP contribution >= 0.6 is 0 Å². The molecule has 6 nitrogen and oxygen atoms in total. The van der Waals surface area contributed by atoms with Gasteiger partial charge in [0.15, 0.2) is 17.5 Å². The van der Waals surface area contributed by atoms with Crippen LogP contribution in [-0.2, 0) is 0 Å². The third-order valence-electron chi connectivity index (χ3n) is 8.23. The maximum Gasteiger partial charge on any atom is 0.167 e. The Hall–Kier alpha value is -6.89. The maximum atomic E-state index is 10.0. The molecular weight excluding hydrogens is 578 g/mol. The van der Waals surface area contributed by atoms with Crippen LogP contribution in [0.15, 0.2) is 144 Å². The third kappa shape index (κ3) is 4.88. The molecule has 0 radical (unpaired) electrons. The zero-order valence-corrected chi connectivity index (χ0v) is 24.9. The number of aromatic nitrogens is 3. The summed E-state index contributed by atoms with van der Waals surface area (Å²) in [4.78, 5) is 14.8. The molecular formula is C41H23N5O. The monoisotopic (exact) mass is 601 g/mol. The molecule has 6 heteroatoms. The van der Waals surface area contributed by atoms with Crippen molar-refractivity contribution in [2.24, 2.45) is 0 Å². The maximum absolute atomic E-state index is 10.0. The highest BCUT2D eigenvalue weighted by Gasteiger charge is 2.22. The fourth-order valence-electron chi connectivity index (χ4n) is 6.01. The van der Waals surface area contributed by atoms with E-state index in [9.17, 15) is 10.5 Å². The second-order valence-corrected chi connectivity index (χ2v) is 11.0. The average Bonchev–Trinajstić information content (AvgIpc) is 3.54. The van der Waals surface area contributed by atoms with Crippen molar-refractivity contribution in [1.29, 1.82) is 10.5 Å². The van der Waals surface area contributed by atoms with Gasteiger partial charge in [-0.15, -0.1) is 0 Å². The van der Waals surface area contributed by atoms with E-state index in [-0.39, 0.29) is 0 Å². The lowest BCUT2D eigenvalue weighted by Crippen LogP contribution is -2.00. The second-order valence-electron chi connectivity index (χ2n) is 11.0. The number of furan rings is 1.